The number of hydrogen-bond donors (Lipinski definition) is 1. The fourth-order valence-electron chi connectivity index (χ4n) is 3.38. The molecule has 2 heterocycles. The fraction of sp³-hybridized carbons (Fsp3) is 0.381. The van der Waals surface area contributed by atoms with Gasteiger partial charge in [-0.25, -0.2) is 9.50 Å². The minimum absolute atomic E-state index is 0.0138. The molecule has 182 valence electrons. The summed E-state index contributed by atoms with van der Waals surface area (Å²) in [6.45, 7) is 3.00. The summed E-state index contributed by atoms with van der Waals surface area (Å²) in [7, 11) is 2.93. The molecule has 0 aliphatic heterocycles. The van der Waals surface area contributed by atoms with Crippen molar-refractivity contribution in [3.63, 3.8) is 0 Å². The molecule has 2 amide bonds. The van der Waals surface area contributed by atoms with E-state index in [4.69, 9.17) is 16.3 Å². The Morgan fingerprint density at radius 2 is 1.94 bits per heavy atom. The highest BCUT2D eigenvalue weighted by Crippen LogP contribution is 2.28. The number of ether oxygens (including phenoxy) is 1. The van der Waals surface area contributed by atoms with Gasteiger partial charge in [-0.05, 0) is 44.0 Å². The zero-order valence-electron chi connectivity index (χ0n) is 18.8. The molecule has 0 aliphatic rings. The monoisotopic (exact) mass is 498 g/mol. The standard InChI is InChI=1S/C21H22ClF3N6O3/c1-11-14(12(2)31-20(26-11)28-19(29-31)21(23,24)25)6-8-18(33)30(3)10-17(32)27-15-9-13(22)5-7-16(15)34-4/h5,7,9H,6,8,10H2,1-4H3,(H,27,32). The van der Waals surface area contributed by atoms with Crippen molar-refractivity contribution in [2.24, 2.45) is 0 Å². The van der Waals surface area contributed by atoms with Crippen molar-refractivity contribution < 1.29 is 27.5 Å². The molecule has 9 nitrogen and oxygen atoms in total. The maximum atomic E-state index is 12.9. The highest BCUT2D eigenvalue weighted by Gasteiger charge is 2.37. The zero-order valence-corrected chi connectivity index (χ0v) is 19.6. The highest BCUT2D eigenvalue weighted by molar-refractivity contribution is 6.31. The van der Waals surface area contributed by atoms with Crippen LogP contribution in [0.2, 0.25) is 5.02 Å². The van der Waals surface area contributed by atoms with Crippen molar-refractivity contribution in [1.82, 2.24) is 24.5 Å². The molecular formula is C21H22ClF3N6O3. The topological polar surface area (TPSA) is 102 Å². The van der Waals surface area contributed by atoms with Gasteiger partial charge in [-0.2, -0.15) is 18.2 Å². The lowest BCUT2D eigenvalue weighted by Gasteiger charge is -2.18. The first-order valence-corrected chi connectivity index (χ1v) is 10.5. The van der Waals surface area contributed by atoms with E-state index in [1.54, 1.807) is 26.0 Å². The molecule has 0 radical (unpaired) electrons. The SMILES string of the molecule is COc1ccc(Cl)cc1NC(=O)CN(C)C(=O)CCc1c(C)nc2nc(C(F)(F)F)nn2c1C. The number of fused-ring (bicyclic) bond motifs is 1. The number of anilines is 1. The number of aryl methyl sites for hydroxylation is 2. The highest BCUT2D eigenvalue weighted by atomic mass is 35.5. The summed E-state index contributed by atoms with van der Waals surface area (Å²) >= 11 is 5.96. The number of benzene rings is 1. The zero-order chi connectivity index (χ0) is 25.2. The second-order valence-corrected chi connectivity index (χ2v) is 7.99. The molecule has 3 rings (SSSR count). The molecular weight excluding hydrogens is 477 g/mol. The number of methoxy groups -OCH3 is 1. The normalized spacial score (nSPS) is 11.5. The summed E-state index contributed by atoms with van der Waals surface area (Å²) in [6.07, 6.45) is -4.47. The fourth-order valence-corrected chi connectivity index (χ4v) is 3.56. The molecule has 0 unspecified atom stereocenters. The lowest BCUT2D eigenvalue weighted by atomic mass is 10.1. The molecule has 0 bridgehead atoms. The predicted octanol–water partition coefficient (Wildman–Crippen LogP) is 3.45. The summed E-state index contributed by atoms with van der Waals surface area (Å²) in [5.41, 5.74) is 1.82. The van der Waals surface area contributed by atoms with Crippen LogP contribution >= 0.6 is 11.6 Å². The summed E-state index contributed by atoms with van der Waals surface area (Å²) in [5, 5.41) is 6.56. The van der Waals surface area contributed by atoms with E-state index in [2.05, 4.69) is 20.4 Å². The van der Waals surface area contributed by atoms with Crippen LogP contribution in [-0.4, -0.2) is 57.0 Å². The maximum Gasteiger partial charge on any atom is 0.453 e. The third-order valence-electron chi connectivity index (χ3n) is 5.13. The van der Waals surface area contributed by atoms with Gasteiger partial charge in [0.2, 0.25) is 11.8 Å². The van der Waals surface area contributed by atoms with Crippen molar-refractivity contribution in [3.05, 3.63) is 46.0 Å². The van der Waals surface area contributed by atoms with Crippen LogP contribution in [0.15, 0.2) is 18.2 Å². The second kappa shape index (κ2) is 9.84. The van der Waals surface area contributed by atoms with Crippen LogP contribution in [0.3, 0.4) is 0 Å². The first-order chi connectivity index (χ1) is 15.9. The van der Waals surface area contributed by atoms with Crippen molar-refractivity contribution in [2.75, 3.05) is 26.0 Å². The van der Waals surface area contributed by atoms with E-state index in [9.17, 15) is 22.8 Å². The summed E-state index contributed by atoms with van der Waals surface area (Å²) in [4.78, 5) is 33.8. The van der Waals surface area contributed by atoms with E-state index in [0.29, 0.717) is 33.4 Å². The number of aromatic nitrogens is 4. The van der Waals surface area contributed by atoms with Gasteiger partial charge in [-0.3, -0.25) is 9.59 Å². The Bertz CT molecular complexity index is 1240. The van der Waals surface area contributed by atoms with E-state index >= 15 is 0 Å². The molecule has 1 aromatic carbocycles. The van der Waals surface area contributed by atoms with Crippen molar-refractivity contribution in [2.45, 2.75) is 32.9 Å². The number of carbonyl (C=O) groups excluding carboxylic acids is 2. The number of carbonyl (C=O) groups is 2. The molecule has 34 heavy (non-hydrogen) atoms. The van der Waals surface area contributed by atoms with E-state index in [1.807, 2.05) is 0 Å². The number of halogens is 4. The quantitative estimate of drug-likeness (QED) is 0.535. The first kappa shape index (κ1) is 25.2. The van der Waals surface area contributed by atoms with E-state index < -0.39 is 17.9 Å². The minimum Gasteiger partial charge on any atom is -0.495 e. The van der Waals surface area contributed by atoms with Gasteiger partial charge in [-0.1, -0.05) is 11.6 Å². The van der Waals surface area contributed by atoms with Crippen LogP contribution in [0.25, 0.3) is 5.78 Å². The summed E-state index contributed by atoms with van der Waals surface area (Å²) in [6, 6.07) is 4.75. The summed E-state index contributed by atoms with van der Waals surface area (Å²) < 4.78 is 45.0. The Balaban J connectivity index is 1.66. The average molecular weight is 499 g/mol. The number of likely N-dealkylation sites (N-methyl/N-ethyl adjacent to an activating group) is 1. The minimum atomic E-state index is -4.69. The van der Waals surface area contributed by atoms with Gasteiger partial charge in [0, 0.05) is 29.9 Å². The number of hydrogen-bond acceptors (Lipinski definition) is 6. The van der Waals surface area contributed by atoms with Gasteiger partial charge >= 0.3 is 6.18 Å². The first-order valence-electron chi connectivity index (χ1n) is 10.1. The largest absolute Gasteiger partial charge is 0.495 e. The van der Waals surface area contributed by atoms with Crippen LogP contribution in [0.1, 0.15) is 29.2 Å². The second-order valence-electron chi connectivity index (χ2n) is 7.55. The molecule has 0 saturated carbocycles. The van der Waals surface area contributed by atoms with Gasteiger partial charge in [0.05, 0.1) is 19.3 Å². The molecule has 0 saturated heterocycles. The molecule has 3 aromatic rings. The molecule has 0 spiro atoms. The number of alkyl halides is 3. The Kier molecular flexibility index (Phi) is 7.29. The van der Waals surface area contributed by atoms with Crippen LogP contribution in [0.5, 0.6) is 5.75 Å². The van der Waals surface area contributed by atoms with E-state index in [-0.39, 0.29) is 31.1 Å². The maximum absolute atomic E-state index is 12.9. The number of nitrogens with one attached hydrogen (secondary N) is 1. The van der Waals surface area contributed by atoms with Crippen LogP contribution in [0, 0.1) is 13.8 Å². The molecule has 2 aromatic heterocycles. The van der Waals surface area contributed by atoms with Gasteiger partial charge < -0.3 is 15.0 Å². The number of nitrogens with zero attached hydrogens (tertiary/aromatic N) is 5. The van der Waals surface area contributed by atoms with Crippen molar-refractivity contribution in [1.29, 1.82) is 0 Å². The number of rotatable bonds is 7. The van der Waals surface area contributed by atoms with Crippen molar-refractivity contribution in [3.8, 4) is 5.75 Å². The average Bonchev–Trinajstić information content (AvgIpc) is 3.18. The van der Waals surface area contributed by atoms with Gasteiger partial charge in [0.1, 0.15) is 5.75 Å². The van der Waals surface area contributed by atoms with Gasteiger partial charge in [0.25, 0.3) is 11.6 Å². The summed E-state index contributed by atoms with van der Waals surface area (Å²) in [5.74, 6) is -1.81. The molecule has 1 N–H and O–H groups in total. The Hall–Kier alpha value is -3.41. The molecule has 13 heteroatoms. The molecule has 0 fully saturated rings. The van der Waals surface area contributed by atoms with Crippen LogP contribution in [-0.2, 0) is 22.2 Å². The lowest BCUT2D eigenvalue weighted by molar-refractivity contribution is -0.144. The smallest absolute Gasteiger partial charge is 0.453 e. The third-order valence-corrected chi connectivity index (χ3v) is 5.37. The Morgan fingerprint density at radius 3 is 2.59 bits per heavy atom. The molecule has 0 aliphatic carbocycles. The number of amides is 2. The Morgan fingerprint density at radius 1 is 1.24 bits per heavy atom. The van der Waals surface area contributed by atoms with Crippen LogP contribution in [0.4, 0.5) is 18.9 Å². The van der Waals surface area contributed by atoms with E-state index in [0.717, 1.165) is 4.52 Å². The van der Waals surface area contributed by atoms with E-state index in [1.165, 1.54) is 25.1 Å². The van der Waals surface area contributed by atoms with Gasteiger partial charge in [0.15, 0.2) is 0 Å². The van der Waals surface area contributed by atoms with Crippen molar-refractivity contribution >= 4 is 34.9 Å². The lowest BCUT2D eigenvalue weighted by Crippen LogP contribution is -2.35. The van der Waals surface area contributed by atoms with Crippen LogP contribution < -0.4 is 10.1 Å². The Labute approximate surface area is 197 Å². The van der Waals surface area contributed by atoms with Gasteiger partial charge in [-0.15, -0.1) is 5.10 Å². The third kappa shape index (κ3) is 5.56. The molecule has 0 atom stereocenters. The predicted molar refractivity (Wildman–Crippen MR) is 118 cm³/mol.